The molecule has 7 fully saturated rings. The summed E-state index contributed by atoms with van der Waals surface area (Å²) in [5.74, 6) is 7.09. The Kier molecular flexibility index (Phi) is 5.10. The van der Waals surface area contributed by atoms with Crippen molar-refractivity contribution in [3.8, 4) is 17.1 Å². The first kappa shape index (κ1) is 25.3. The van der Waals surface area contributed by atoms with Gasteiger partial charge in [-0.2, -0.15) is 15.0 Å². The topological polar surface area (TPSA) is 50.1 Å². The van der Waals surface area contributed by atoms with Crippen LogP contribution < -0.4 is 9.80 Å². The molecule has 4 bridgehead atoms. The van der Waals surface area contributed by atoms with Crippen LogP contribution in [0.1, 0.15) is 58.3 Å². The Morgan fingerprint density at radius 3 is 2.00 bits per heavy atom. The van der Waals surface area contributed by atoms with Gasteiger partial charge in [0, 0.05) is 34.9 Å². The number of rotatable bonds is 4. The van der Waals surface area contributed by atoms with Gasteiger partial charge in [-0.1, -0.05) is 54.6 Å². The van der Waals surface area contributed by atoms with E-state index in [4.69, 9.17) is 15.0 Å². The highest BCUT2D eigenvalue weighted by molar-refractivity contribution is 6.10. The summed E-state index contributed by atoms with van der Waals surface area (Å²) in [6, 6.07) is 28.6. The fourth-order valence-corrected chi connectivity index (χ4v) is 11.4. The summed E-state index contributed by atoms with van der Waals surface area (Å²) in [6.07, 6.45) is 10.7. The molecule has 3 aromatic carbocycles. The van der Waals surface area contributed by atoms with Gasteiger partial charge in [0.1, 0.15) is 0 Å². The average Bonchev–Trinajstić information content (AvgIpc) is 3.36. The van der Waals surface area contributed by atoms with Crippen LogP contribution in [0.15, 0.2) is 72.8 Å². The van der Waals surface area contributed by atoms with E-state index in [0.29, 0.717) is 24.2 Å². The maximum Gasteiger partial charge on any atom is 0.241 e. The third-order valence-corrected chi connectivity index (χ3v) is 13.1. The molecular formula is C39H40N6. The van der Waals surface area contributed by atoms with Gasteiger partial charge < -0.3 is 9.80 Å². The minimum absolute atomic E-state index is 0.459. The van der Waals surface area contributed by atoms with Gasteiger partial charge in [0.05, 0.1) is 11.0 Å². The summed E-state index contributed by atoms with van der Waals surface area (Å²) in [5, 5.41) is 2.49. The first-order chi connectivity index (χ1) is 22.2. The molecule has 3 saturated heterocycles. The SMILES string of the molecule is CC1CC2CC3CC(C23)N1c1nc(N2C3CC4CC(C3)CC2C4)nc(-n2c3ccccc3c3cc(-c4ccccc4)ccc32)n1. The van der Waals surface area contributed by atoms with E-state index in [0.717, 1.165) is 58.5 Å². The second kappa shape index (κ2) is 9.08. The monoisotopic (exact) mass is 592 g/mol. The Bertz CT molecular complexity index is 1930. The lowest BCUT2D eigenvalue weighted by Gasteiger charge is -2.66. The summed E-state index contributed by atoms with van der Waals surface area (Å²) < 4.78 is 2.33. The molecule has 0 spiro atoms. The largest absolute Gasteiger partial charge is 0.335 e. The molecular weight excluding hydrogens is 552 g/mol. The molecule has 0 radical (unpaired) electrons. The van der Waals surface area contributed by atoms with Gasteiger partial charge in [0.2, 0.25) is 17.8 Å². The van der Waals surface area contributed by atoms with E-state index in [1.807, 2.05) is 0 Å². The van der Waals surface area contributed by atoms with Crippen molar-refractivity contribution in [3.63, 3.8) is 0 Å². The van der Waals surface area contributed by atoms with Crippen LogP contribution >= 0.6 is 0 Å². The van der Waals surface area contributed by atoms with E-state index in [2.05, 4.69) is 94.1 Å². The molecule has 4 aliphatic carbocycles. The lowest BCUT2D eigenvalue weighted by atomic mass is 9.47. The molecule has 5 aromatic rings. The van der Waals surface area contributed by atoms with Crippen LogP contribution in [0.5, 0.6) is 0 Å². The van der Waals surface area contributed by atoms with Gasteiger partial charge in [-0.05, 0) is 117 Å². The number of benzene rings is 3. The number of fused-ring (bicyclic) bond motifs is 3. The van der Waals surface area contributed by atoms with Gasteiger partial charge in [-0.3, -0.25) is 4.57 Å². The summed E-state index contributed by atoms with van der Waals surface area (Å²) in [7, 11) is 0. The van der Waals surface area contributed by atoms with E-state index in [1.165, 1.54) is 73.3 Å². The molecule has 5 heterocycles. The predicted molar refractivity (Wildman–Crippen MR) is 180 cm³/mol. The molecule has 5 unspecified atom stereocenters. The quantitative estimate of drug-likeness (QED) is 0.212. The highest BCUT2D eigenvalue weighted by Crippen LogP contribution is 2.61. The molecule has 0 amide bonds. The number of anilines is 2. The smallest absolute Gasteiger partial charge is 0.241 e. The Balaban J connectivity index is 1.11. The van der Waals surface area contributed by atoms with Crippen molar-refractivity contribution in [3.05, 3.63) is 72.8 Å². The second-order valence-electron chi connectivity index (χ2n) is 15.4. The van der Waals surface area contributed by atoms with E-state index < -0.39 is 0 Å². The van der Waals surface area contributed by atoms with Crippen LogP contribution in [-0.4, -0.2) is 43.7 Å². The highest BCUT2D eigenvalue weighted by Gasteiger charge is 2.60. The number of nitrogens with zero attached hydrogens (tertiary/aromatic N) is 6. The standard InChI is InChI=1S/C39H40N6/c1-22-13-27-19-28-21-35(36(27)28)43(22)37-40-38(44-29-15-23-14-24(17-29)18-30(44)16-23)42-39(41-37)45-33-10-6-5-9-31(33)32-20-26(11-12-34(32)45)25-7-3-2-4-8-25/h2-12,20,22-24,27-30,35-36H,13-19,21H2,1H3. The molecule has 12 rings (SSSR count). The van der Waals surface area contributed by atoms with Crippen LogP contribution in [0.4, 0.5) is 11.9 Å². The van der Waals surface area contributed by atoms with Crippen molar-refractivity contribution >= 4 is 33.7 Å². The predicted octanol–water partition coefficient (Wildman–Crippen LogP) is 8.03. The maximum atomic E-state index is 5.45. The van der Waals surface area contributed by atoms with Crippen molar-refractivity contribution in [1.29, 1.82) is 0 Å². The Morgan fingerprint density at radius 2 is 1.22 bits per heavy atom. The van der Waals surface area contributed by atoms with E-state index >= 15 is 0 Å². The van der Waals surface area contributed by atoms with Gasteiger partial charge in [-0.25, -0.2) is 0 Å². The van der Waals surface area contributed by atoms with Gasteiger partial charge >= 0.3 is 0 Å². The number of hydrogen-bond donors (Lipinski definition) is 0. The Morgan fingerprint density at radius 1 is 0.556 bits per heavy atom. The molecule has 0 N–H and O–H groups in total. The Hall–Kier alpha value is -3.93. The fourth-order valence-electron chi connectivity index (χ4n) is 11.4. The zero-order chi connectivity index (χ0) is 29.4. The van der Waals surface area contributed by atoms with Gasteiger partial charge in [-0.15, -0.1) is 0 Å². The first-order valence-electron chi connectivity index (χ1n) is 17.6. The van der Waals surface area contributed by atoms with Crippen molar-refractivity contribution in [1.82, 2.24) is 19.5 Å². The number of piperidine rings is 3. The molecule has 6 nitrogen and oxygen atoms in total. The molecule has 2 aromatic heterocycles. The number of para-hydroxylation sites is 1. The van der Waals surface area contributed by atoms with Crippen molar-refractivity contribution in [2.45, 2.75) is 82.5 Å². The normalized spacial score (nSPS) is 34.2. The molecule has 226 valence electrons. The summed E-state index contributed by atoms with van der Waals surface area (Å²) >= 11 is 0. The lowest BCUT2D eigenvalue weighted by molar-refractivity contribution is -0.0830. The number of aromatic nitrogens is 4. The minimum Gasteiger partial charge on any atom is -0.335 e. The van der Waals surface area contributed by atoms with Crippen LogP contribution in [0, 0.1) is 29.6 Å². The molecule has 5 atom stereocenters. The minimum atomic E-state index is 0.459. The summed E-state index contributed by atoms with van der Waals surface area (Å²) in [6.45, 7) is 2.42. The molecule has 45 heavy (non-hydrogen) atoms. The van der Waals surface area contributed by atoms with Crippen LogP contribution in [0.3, 0.4) is 0 Å². The summed E-state index contributed by atoms with van der Waals surface area (Å²) in [5.41, 5.74) is 4.80. The first-order valence-corrected chi connectivity index (χ1v) is 17.6. The molecule has 7 aliphatic rings. The number of hydrogen-bond acceptors (Lipinski definition) is 5. The highest BCUT2D eigenvalue weighted by atomic mass is 15.4. The molecule has 4 saturated carbocycles. The fraction of sp³-hybridized carbons (Fsp3) is 0.462. The zero-order valence-corrected chi connectivity index (χ0v) is 26.0. The molecule has 3 aliphatic heterocycles. The average molecular weight is 593 g/mol. The maximum absolute atomic E-state index is 5.45. The van der Waals surface area contributed by atoms with Crippen molar-refractivity contribution < 1.29 is 0 Å². The van der Waals surface area contributed by atoms with Crippen molar-refractivity contribution in [2.24, 2.45) is 29.6 Å². The third-order valence-electron chi connectivity index (χ3n) is 13.1. The van der Waals surface area contributed by atoms with Crippen molar-refractivity contribution in [2.75, 3.05) is 9.80 Å². The van der Waals surface area contributed by atoms with E-state index in [-0.39, 0.29) is 0 Å². The second-order valence-corrected chi connectivity index (χ2v) is 15.4. The van der Waals surface area contributed by atoms with Crippen LogP contribution in [0.25, 0.3) is 38.9 Å². The van der Waals surface area contributed by atoms with Gasteiger partial charge in [0.15, 0.2) is 0 Å². The summed E-state index contributed by atoms with van der Waals surface area (Å²) in [4.78, 5) is 21.6. The van der Waals surface area contributed by atoms with Crippen LogP contribution in [-0.2, 0) is 0 Å². The third kappa shape index (κ3) is 3.54. The van der Waals surface area contributed by atoms with E-state index in [9.17, 15) is 0 Å². The Labute approximate surface area is 264 Å². The van der Waals surface area contributed by atoms with Crippen LogP contribution in [0.2, 0.25) is 0 Å². The molecule has 6 heteroatoms. The zero-order valence-electron chi connectivity index (χ0n) is 26.0. The van der Waals surface area contributed by atoms with E-state index in [1.54, 1.807) is 0 Å². The van der Waals surface area contributed by atoms with Gasteiger partial charge in [0.25, 0.3) is 0 Å². The lowest BCUT2D eigenvalue weighted by Crippen LogP contribution is -2.68.